The van der Waals surface area contributed by atoms with E-state index in [2.05, 4.69) is 5.10 Å². The lowest BCUT2D eigenvalue weighted by Crippen LogP contribution is -2.44. The van der Waals surface area contributed by atoms with Crippen molar-refractivity contribution in [3.05, 3.63) is 12.4 Å². The Kier molecular flexibility index (Phi) is 3.99. The summed E-state index contributed by atoms with van der Waals surface area (Å²) in [5.41, 5.74) is 0. The van der Waals surface area contributed by atoms with Gasteiger partial charge in [0.1, 0.15) is 4.90 Å². The van der Waals surface area contributed by atoms with E-state index in [0.29, 0.717) is 0 Å². The number of aromatic nitrogens is 2. The van der Waals surface area contributed by atoms with Crippen molar-refractivity contribution in [2.45, 2.75) is 42.0 Å². The van der Waals surface area contributed by atoms with Gasteiger partial charge in [-0.05, 0) is 12.8 Å². The Balaban J connectivity index is 2.24. The average molecular weight is 292 g/mol. The van der Waals surface area contributed by atoms with Crippen LogP contribution in [-0.4, -0.2) is 41.0 Å². The molecule has 7 heteroatoms. The largest absolute Gasteiger partial charge is 0.274 e. The lowest BCUT2D eigenvalue weighted by atomic mass is 9.95. The van der Waals surface area contributed by atoms with Crippen molar-refractivity contribution in [2.24, 2.45) is 7.05 Å². The van der Waals surface area contributed by atoms with Gasteiger partial charge in [0.25, 0.3) is 0 Å². The van der Waals surface area contributed by atoms with Crippen LogP contribution in [0.1, 0.15) is 25.7 Å². The van der Waals surface area contributed by atoms with Crippen LogP contribution in [0.15, 0.2) is 17.3 Å². The molecule has 102 valence electrons. The Bertz CT molecular complexity index is 514. The average Bonchev–Trinajstić information content (AvgIpc) is 2.76. The second-order valence-electron chi connectivity index (χ2n) is 4.74. The van der Waals surface area contributed by atoms with Crippen LogP contribution in [0.5, 0.6) is 0 Å². The van der Waals surface area contributed by atoms with Crippen LogP contribution < -0.4 is 0 Å². The summed E-state index contributed by atoms with van der Waals surface area (Å²) in [7, 11) is -0.182. The Morgan fingerprint density at radius 1 is 1.44 bits per heavy atom. The van der Waals surface area contributed by atoms with E-state index < -0.39 is 10.0 Å². The lowest BCUT2D eigenvalue weighted by Gasteiger charge is -2.33. The summed E-state index contributed by atoms with van der Waals surface area (Å²) in [6, 6.07) is -0.120. The summed E-state index contributed by atoms with van der Waals surface area (Å²) >= 11 is 6.25. The van der Waals surface area contributed by atoms with E-state index in [1.807, 2.05) is 0 Å². The van der Waals surface area contributed by atoms with Crippen LogP contribution in [0.3, 0.4) is 0 Å². The van der Waals surface area contributed by atoms with Gasteiger partial charge in [-0.15, -0.1) is 11.6 Å². The smallest absolute Gasteiger partial charge is 0.246 e. The minimum absolute atomic E-state index is 0.102. The van der Waals surface area contributed by atoms with Crippen molar-refractivity contribution in [3.8, 4) is 0 Å². The molecule has 1 aliphatic rings. The van der Waals surface area contributed by atoms with Crippen molar-refractivity contribution in [2.75, 3.05) is 7.05 Å². The van der Waals surface area contributed by atoms with E-state index in [0.717, 1.165) is 25.7 Å². The first-order valence-corrected chi connectivity index (χ1v) is 7.91. The van der Waals surface area contributed by atoms with Gasteiger partial charge in [0, 0.05) is 26.3 Å². The predicted molar refractivity (Wildman–Crippen MR) is 70.1 cm³/mol. The van der Waals surface area contributed by atoms with Gasteiger partial charge < -0.3 is 0 Å². The molecular formula is C11H18ClN3O2S. The second kappa shape index (κ2) is 5.19. The van der Waals surface area contributed by atoms with Gasteiger partial charge in [0.15, 0.2) is 0 Å². The third kappa shape index (κ3) is 2.55. The lowest BCUT2D eigenvalue weighted by molar-refractivity contribution is 0.291. The molecule has 1 heterocycles. The molecule has 1 aromatic rings. The minimum Gasteiger partial charge on any atom is -0.274 e. The summed E-state index contributed by atoms with van der Waals surface area (Å²) in [6.45, 7) is 0. The van der Waals surface area contributed by atoms with Crippen LogP contribution in [-0.2, 0) is 17.1 Å². The molecule has 18 heavy (non-hydrogen) atoms. The van der Waals surface area contributed by atoms with Crippen LogP contribution in [0.25, 0.3) is 0 Å². The van der Waals surface area contributed by atoms with Crippen molar-refractivity contribution >= 4 is 21.6 Å². The highest BCUT2D eigenvalue weighted by molar-refractivity contribution is 7.89. The molecule has 2 atom stereocenters. The van der Waals surface area contributed by atoms with Crippen molar-refractivity contribution in [3.63, 3.8) is 0 Å². The molecule has 1 saturated carbocycles. The van der Waals surface area contributed by atoms with Crippen molar-refractivity contribution < 1.29 is 8.42 Å². The Labute approximate surface area is 113 Å². The molecule has 0 saturated heterocycles. The third-order valence-corrected chi connectivity index (χ3v) is 5.82. The van der Waals surface area contributed by atoms with Crippen molar-refractivity contribution in [1.29, 1.82) is 0 Å². The summed E-state index contributed by atoms with van der Waals surface area (Å²) in [5, 5.41) is 3.81. The molecule has 5 nitrogen and oxygen atoms in total. The third-order valence-electron chi connectivity index (χ3n) is 3.47. The van der Waals surface area contributed by atoms with Gasteiger partial charge in [-0.1, -0.05) is 12.8 Å². The van der Waals surface area contributed by atoms with Gasteiger partial charge in [0.2, 0.25) is 10.0 Å². The first-order chi connectivity index (χ1) is 8.43. The number of hydrogen-bond acceptors (Lipinski definition) is 3. The highest BCUT2D eigenvalue weighted by atomic mass is 35.5. The van der Waals surface area contributed by atoms with Gasteiger partial charge >= 0.3 is 0 Å². The van der Waals surface area contributed by atoms with Crippen molar-refractivity contribution in [1.82, 2.24) is 14.1 Å². The van der Waals surface area contributed by atoms with E-state index in [4.69, 9.17) is 11.6 Å². The van der Waals surface area contributed by atoms with E-state index in [9.17, 15) is 8.42 Å². The molecule has 0 bridgehead atoms. The number of nitrogens with zero attached hydrogens (tertiary/aromatic N) is 3. The van der Waals surface area contributed by atoms with E-state index in [-0.39, 0.29) is 16.3 Å². The minimum atomic E-state index is -3.49. The topological polar surface area (TPSA) is 55.2 Å². The zero-order valence-electron chi connectivity index (χ0n) is 10.6. The van der Waals surface area contributed by atoms with Crippen LogP contribution >= 0.6 is 11.6 Å². The molecule has 0 aromatic carbocycles. The molecule has 0 N–H and O–H groups in total. The maximum Gasteiger partial charge on any atom is 0.246 e. The molecule has 1 aliphatic carbocycles. The summed E-state index contributed by atoms with van der Waals surface area (Å²) < 4.78 is 27.7. The van der Waals surface area contributed by atoms with Gasteiger partial charge in [-0.25, -0.2) is 8.42 Å². The fourth-order valence-electron chi connectivity index (χ4n) is 2.35. The van der Waals surface area contributed by atoms with Crippen LogP contribution in [0.4, 0.5) is 0 Å². The van der Waals surface area contributed by atoms with E-state index in [1.54, 1.807) is 14.1 Å². The second-order valence-corrected chi connectivity index (χ2v) is 7.30. The predicted octanol–water partition coefficient (Wildman–Crippen LogP) is 1.59. The number of rotatable bonds is 3. The maximum atomic E-state index is 12.4. The highest BCUT2D eigenvalue weighted by Gasteiger charge is 2.34. The molecule has 1 fully saturated rings. The molecule has 1 aromatic heterocycles. The van der Waals surface area contributed by atoms with Crippen LogP contribution in [0.2, 0.25) is 0 Å². The Morgan fingerprint density at radius 3 is 2.67 bits per heavy atom. The highest BCUT2D eigenvalue weighted by Crippen LogP contribution is 2.29. The SMILES string of the molecule is CN(C1CCCCC1Cl)S(=O)(=O)c1cnn(C)c1. The van der Waals surface area contributed by atoms with Gasteiger partial charge in [0.05, 0.1) is 11.6 Å². The summed E-state index contributed by atoms with van der Waals surface area (Å²) in [6.07, 6.45) is 6.69. The fraction of sp³-hybridized carbons (Fsp3) is 0.727. The monoisotopic (exact) mass is 291 g/mol. The molecule has 2 unspecified atom stereocenters. The first-order valence-electron chi connectivity index (χ1n) is 6.03. The Hall–Kier alpha value is -0.590. The quantitative estimate of drug-likeness (QED) is 0.795. The number of alkyl halides is 1. The van der Waals surface area contributed by atoms with Gasteiger partial charge in [-0.3, -0.25) is 4.68 Å². The molecule has 0 spiro atoms. The number of aryl methyl sites for hydroxylation is 1. The van der Waals surface area contributed by atoms with Crippen LogP contribution in [0, 0.1) is 0 Å². The molecule has 0 aliphatic heterocycles. The number of halogens is 1. The maximum absolute atomic E-state index is 12.4. The molecule has 2 rings (SSSR count). The molecule has 0 amide bonds. The van der Waals surface area contributed by atoms with E-state index in [1.165, 1.54) is 21.4 Å². The number of sulfonamides is 1. The molecule has 0 radical (unpaired) electrons. The standard InChI is InChI=1S/C11H18ClN3O2S/c1-14-8-9(7-13-14)18(16,17)15(2)11-6-4-3-5-10(11)12/h7-8,10-11H,3-6H2,1-2H3. The first kappa shape index (κ1) is 13.8. The zero-order valence-corrected chi connectivity index (χ0v) is 12.2. The fourth-order valence-corrected chi connectivity index (χ4v) is 4.28. The summed E-state index contributed by atoms with van der Waals surface area (Å²) in [5.74, 6) is 0. The molecular weight excluding hydrogens is 274 g/mol. The normalized spacial score (nSPS) is 25.6. The number of hydrogen-bond donors (Lipinski definition) is 0. The zero-order chi connectivity index (χ0) is 13.3. The Morgan fingerprint density at radius 2 is 2.11 bits per heavy atom. The van der Waals surface area contributed by atoms with E-state index >= 15 is 0 Å². The van der Waals surface area contributed by atoms with Gasteiger partial charge in [-0.2, -0.15) is 9.40 Å². The summed E-state index contributed by atoms with van der Waals surface area (Å²) in [4.78, 5) is 0.224.